The molecule has 0 saturated carbocycles. The van der Waals surface area contributed by atoms with Crippen LogP contribution in [0.1, 0.15) is 247 Å². The number of carbonyl (C=O) groups is 3. The van der Waals surface area contributed by atoms with Crippen LogP contribution < -0.4 is 21.8 Å². The molecule has 0 radical (unpaired) electrons. The number of nitrogens with two attached hydrogens (primary N) is 2. The summed E-state index contributed by atoms with van der Waals surface area (Å²) >= 11 is 18.0. The molecular weight excluding hydrogens is 1610 g/mol. The Hall–Kier alpha value is -8.75. The van der Waals surface area contributed by atoms with E-state index in [1.165, 1.54) is 72.3 Å². The number of anilines is 2. The van der Waals surface area contributed by atoms with E-state index in [0.717, 1.165) is 101 Å². The predicted octanol–water partition coefficient (Wildman–Crippen LogP) is 29.6. The molecule has 10 aromatic carbocycles. The number of nitrogens with zero attached hydrogens (tertiary/aromatic N) is 3. The molecule has 0 unspecified atom stereocenters. The lowest BCUT2D eigenvalue weighted by Gasteiger charge is -2.29. The molecule has 0 atom stereocenters. The first-order valence-electron chi connectivity index (χ1n) is 41.1. The molecule has 10 nitrogen and oxygen atoms in total. The lowest BCUT2D eigenvalue weighted by atomic mass is 9.76. The van der Waals surface area contributed by atoms with Crippen LogP contribution in [0.3, 0.4) is 0 Å². The van der Waals surface area contributed by atoms with E-state index >= 15 is 0 Å². The van der Waals surface area contributed by atoms with Crippen molar-refractivity contribution in [3.63, 3.8) is 0 Å². The van der Waals surface area contributed by atoms with Gasteiger partial charge in [0.2, 0.25) is 5.24 Å². The summed E-state index contributed by atoms with van der Waals surface area (Å²) in [5.74, 6) is 6.90. The Kier molecular flexibility index (Phi) is 36.8. The number of benzene rings is 10. The maximum absolute atomic E-state index is 13.0. The van der Waals surface area contributed by atoms with E-state index in [4.69, 9.17) is 45.2 Å². The summed E-state index contributed by atoms with van der Waals surface area (Å²) in [7, 11) is 0. The van der Waals surface area contributed by atoms with Crippen molar-refractivity contribution >= 4 is 83.5 Å². The van der Waals surface area contributed by atoms with Crippen LogP contribution in [0.25, 0.3) is 61.6 Å². The first kappa shape index (κ1) is 97.1. The molecule has 0 bridgehead atoms. The highest BCUT2D eigenvalue weighted by atomic mass is 79.9. The summed E-state index contributed by atoms with van der Waals surface area (Å²) in [6.07, 6.45) is 10.2. The summed E-state index contributed by atoms with van der Waals surface area (Å²) in [6, 6.07) is 83.2. The minimum Gasteiger partial charge on any atom is -0.398 e. The van der Waals surface area contributed by atoms with Gasteiger partial charge in [0, 0.05) is 60.2 Å². The smallest absolute Gasteiger partial charge is 0.265 e. The van der Waals surface area contributed by atoms with Gasteiger partial charge in [0.05, 0.1) is 11.4 Å². The number of hydrogen-bond donors (Lipinski definition) is 4. The standard InChI is InChI=1S/C31H36BrN3.C25H34O.C16H18ClN.C16H19N.C8H15ClO.C7H7BrN2O/c1-7-8-19-31(5,6)29-34-33-28(24-15-12-16-25(32)20-24)35(29)27-18-17-23(21-26(27)30(2,3)4)22-13-10-9-11-14-22;1-7-8-16-25(5,6)23(26)18-21-15-14-20(17-22(21)24(2,3)4)19-12-10-9-11-13-19;1-16(2,3)14-11-13(9-10-15(14)18-17)12-7-5-4-6-8-12;1-16(2,3)14-11-13(9-10-15(14)17)12-7-5-4-6-8-12;1-4-5-6-8(2,3)7(9)10;8-6-3-1-2-5(4-6)7(11)10-9/h9-18,20-21H,7-8,19H2,1-6H3;9-15,17H,7-8,16,18H2,1-6H3;4-11,18H,1-3H3;4-11H,17H2,1-3H3;4-6H2,1-3H3;1-4H,9H2,(H,10,11). The molecule has 0 saturated heterocycles. The highest BCUT2D eigenvalue weighted by molar-refractivity contribution is 9.10. The topological polar surface area (TPSA) is 158 Å². The van der Waals surface area contributed by atoms with Gasteiger partial charge < -0.3 is 5.73 Å². The zero-order chi connectivity index (χ0) is 86.7. The fourth-order valence-electron chi connectivity index (χ4n) is 13.6. The van der Waals surface area contributed by atoms with Crippen LogP contribution in [0.2, 0.25) is 0 Å². The van der Waals surface area contributed by atoms with Crippen LogP contribution in [0.4, 0.5) is 11.4 Å². The number of hydrogen-bond acceptors (Lipinski definition) is 8. The largest absolute Gasteiger partial charge is 0.398 e. The molecule has 1 aromatic heterocycles. The Morgan fingerprint density at radius 3 is 1.23 bits per heavy atom. The van der Waals surface area contributed by atoms with Crippen molar-refractivity contribution in [3.05, 3.63) is 291 Å². The van der Waals surface area contributed by atoms with Gasteiger partial charge in [-0.2, -0.15) is 0 Å². The minimum atomic E-state index is -0.322. The predicted molar refractivity (Wildman–Crippen MR) is 509 cm³/mol. The lowest BCUT2D eigenvalue weighted by Crippen LogP contribution is -2.29. The fourth-order valence-corrected chi connectivity index (χ4v) is 14.6. The molecule has 6 N–H and O–H groups in total. The zero-order valence-corrected chi connectivity index (χ0v) is 78.1. The van der Waals surface area contributed by atoms with E-state index in [0.29, 0.717) is 17.8 Å². The number of Topliss-reactive ketones (excluding diaryl/α,β-unsaturated/α-hetero) is 1. The van der Waals surface area contributed by atoms with Crippen LogP contribution in [0, 0.1) is 10.8 Å². The SMILES string of the molecule is CC(C)(C)c1cc(-c2ccccc2)ccc1N.CC(C)(C)c1cc(-c2ccccc2)ccc1NCl.CCCCC(C)(C)C(=O)Cc1ccc(-c2ccccc2)cc1C(C)(C)C.CCCCC(C)(C)C(=O)Cl.CCCCC(C)(C)c1nnc(-c2cccc(Br)c2)n1-c1ccc(-c2ccccc2)cc1C(C)(C)C.NNC(=O)c1cccc(Br)c1. The third-order valence-corrected chi connectivity index (χ3v) is 22.6. The Morgan fingerprint density at radius 1 is 0.410 bits per heavy atom. The maximum atomic E-state index is 13.0. The fraction of sp³-hybridized carbons (Fsp3) is 0.369. The molecule has 117 heavy (non-hydrogen) atoms. The second kappa shape index (κ2) is 44.3. The molecule has 0 aliphatic heterocycles. The maximum Gasteiger partial charge on any atom is 0.265 e. The summed E-state index contributed by atoms with van der Waals surface area (Å²) in [5.41, 5.74) is 28.1. The van der Waals surface area contributed by atoms with E-state index in [1.807, 2.05) is 61.7 Å². The first-order chi connectivity index (χ1) is 55.0. The Bertz CT molecular complexity index is 4950. The van der Waals surface area contributed by atoms with Crippen molar-refractivity contribution in [2.75, 3.05) is 10.6 Å². The Morgan fingerprint density at radius 2 is 0.803 bits per heavy atom. The second-order valence-corrected chi connectivity index (χ2v) is 38.6. The zero-order valence-electron chi connectivity index (χ0n) is 73.4. The van der Waals surface area contributed by atoms with E-state index in [1.54, 1.807) is 18.2 Å². The van der Waals surface area contributed by atoms with Crippen LogP contribution in [-0.2, 0) is 43.1 Å². The highest BCUT2D eigenvalue weighted by Gasteiger charge is 2.34. The van der Waals surface area contributed by atoms with Crippen LogP contribution >= 0.6 is 55.2 Å². The molecule has 0 fully saturated rings. The van der Waals surface area contributed by atoms with Crippen LogP contribution in [0.15, 0.2) is 252 Å². The molecule has 622 valence electrons. The average molecular weight is 1740 g/mol. The Labute approximate surface area is 729 Å². The molecule has 1 heterocycles. The average Bonchev–Trinajstić information content (AvgIpc) is 1.65. The van der Waals surface area contributed by atoms with Gasteiger partial charge in [-0.25, -0.2) is 5.84 Å². The summed E-state index contributed by atoms with van der Waals surface area (Å²) in [4.78, 5) is 37.4. The molecule has 0 aliphatic carbocycles. The van der Waals surface area contributed by atoms with E-state index in [2.05, 4.69) is 355 Å². The number of carbonyl (C=O) groups excluding carboxylic acids is 3. The number of rotatable bonds is 22. The molecule has 11 rings (SSSR count). The number of aromatic nitrogens is 3. The van der Waals surface area contributed by atoms with Gasteiger partial charge in [-0.05, 0) is 192 Å². The number of nitrogen functional groups attached to an aromatic ring is 2. The quantitative estimate of drug-likeness (QED) is 0.0130. The normalized spacial score (nSPS) is 11.6. The number of unbranched alkanes of at least 4 members (excludes halogenated alkanes) is 3. The molecule has 1 amide bonds. The Balaban J connectivity index is 0.000000230. The van der Waals surface area contributed by atoms with Gasteiger partial charge in [0.15, 0.2) is 5.82 Å². The lowest BCUT2D eigenvalue weighted by molar-refractivity contribution is -0.126. The van der Waals surface area contributed by atoms with Crippen molar-refractivity contribution in [2.45, 2.75) is 237 Å². The minimum absolute atomic E-state index is 0.00790. The van der Waals surface area contributed by atoms with Crippen LogP contribution in [0.5, 0.6) is 0 Å². The number of ketones is 1. The van der Waals surface area contributed by atoms with E-state index in [-0.39, 0.29) is 49.1 Å². The number of nitrogens with one attached hydrogen (secondary N) is 2. The van der Waals surface area contributed by atoms with Gasteiger partial charge in [0.1, 0.15) is 11.6 Å². The number of amides is 1. The summed E-state index contributed by atoms with van der Waals surface area (Å²) in [6.45, 7) is 45.8. The second-order valence-electron chi connectivity index (χ2n) is 36.2. The molecule has 11 aromatic rings. The van der Waals surface area contributed by atoms with Crippen molar-refractivity contribution in [3.8, 4) is 61.6 Å². The number of halogens is 4. The van der Waals surface area contributed by atoms with Gasteiger partial charge in [0.25, 0.3) is 5.91 Å². The van der Waals surface area contributed by atoms with Crippen molar-refractivity contribution in [1.82, 2.24) is 20.2 Å². The van der Waals surface area contributed by atoms with E-state index in [9.17, 15) is 14.4 Å². The van der Waals surface area contributed by atoms with Crippen molar-refractivity contribution in [1.29, 1.82) is 0 Å². The number of hydrazine groups is 1. The summed E-state index contributed by atoms with van der Waals surface area (Å²) < 4.78 is 4.21. The summed E-state index contributed by atoms with van der Waals surface area (Å²) in [5, 5.41) is 9.38. The van der Waals surface area contributed by atoms with Gasteiger partial charge in [-0.1, -0.05) is 392 Å². The molecule has 14 heteroatoms. The molecule has 0 spiro atoms. The van der Waals surface area contributed by atoms with Gasteiger partial charge in [-0.15, -0.1) is 10.2 Å². The van der Waals surface area contributed by atoms with Crippen molar-refractivity contribution < 1.29 is 14.4 Å². The molecule has 0 aliphatic rings. The van der Waals surface area contributed by atoms with Crippen LogP contribution in [-0.4, -0.2) is 31.7 Å². The third-order valence-electron chi connectivity index (χ3n) is 20.9. The monoisotopic (exact) mass is 1740 g/mol. The van der Waals surface area contributed by atoms with Crippen molar-refractivity contribution in [2.24, 2.45) is 16.7 Å². The van der Waals surface area contributed by atoms with E-state index < -0.39 is 0 Å². The third kappa shape index (κ3) is 29.3. The molecular formula is C103H129Br2Cl2N7O3. The highest BCUT2D eigenvalue weighted by Crippen LogP contribution is 2.42. The van der Waals surface area contributed by atoms with Gasteiger partial charge in [-0.3, -0.25) is 29.2 Å². The van der Waals surface area contributed by atoms with Gasteiger partial charge >= 0.3 is 0 Å². The first-order valence-corrected chi connectivity index (χ1v) is 43.5.